The number of pyridine rings is 1. The highest BCUT2D eigenvalue weighted by molar-refractivity contribution is 7.99. The Morgan fingerprint density at radius 1 is 0.909 bits per heavy atom. The summed E-state index contributed by atoms with van der Waals surface area (Å²) in [4.78, 5) is 30.8. The van der Waals surface area contributed by atoms with E-state index in [4.69, 9.17) is 14.7 Å². The van der Waals surface area contributed by atoms with Gasteiger partial charge in [-0.15, -0.1) is 0 Å². The van der Waals surface area contributed by atoms with Crippen LogP contribution in [0, 0.1) is 6.92 Å². The fourth-order valence-electron chi connectivity index (χ4n) is 5.91. The van der Waals surface area contributed by atoms with Crippen molar-refractivity contribution < 1.29 is 4.74 Å². The number of benzene rings is 1. The van der Waals surface area contributed by atoms with E-state index in [-0.39, 0.29) is 0 Å². The van der Waals surface area contributed by atoms with Gasteiger partial charge in [-0.1, -0.05) is 11.9 Å². The highest BCUT2D eigenvalue weighted by Crippen LogP contribution is 2.37. The second kappa shape index (κ2) is 13.4. The van der Waals surface area contributed by atoms with Gasteiger partial charge in [0.2, 0.25) is 11.8 Å². The first kappa shape index (κ1) is 30.1. The van der Waals surface area contributed by atoms with Crippen LogP contribution in [0.25, 0.3) is 11.0 Å². The molecule has 2 saturated heterocycles. The molecule has 0 bridgehead atoms. The van der Waals surface area contributed by atoms with Crippen LogP contribution >= 0.6 is 11.9 Å². The Morgan fingerprint density at radius 2 is 1.66 bits per heavy atom. The average molecular weight is 616 g/mol. The molecule has 0 unspecified atom stereocenters. The normalized spacial score (nSPS) is 16.7. The summed E-state index contributed by atoms with van der Waals surface area (Å²) >= 11 is 1.60. The number of nitrogens with one attached hydrogen (secondary N) is 2. The number of fused-ring (bicyclic) bond motifs is 1. The summed E-state index contributed by atoms with van der Waals surface area (Å²) in [5, 5.41) is 6.83. The highest BCUT2D eigenvalue weighted by Gasteiger charge is 2.27. The van der Waals surface area contributed by atoms with Crippen molar-refractivity contribution in [3.63, 3.8) is 0 Å². The number of methoxy groups -OCH3 is 1. The molecule has 1 aromatic carbocycles. The van der Waals surface area contributed by atoms with E-state index in [1.807, 2.05) is 38.4 Å². The third-order valence-electron chi connectivity index (χ3n) is 8.56. The number of likely N-dealkylation sites (N-methyl/N-ethyl adjacent to an activating group) is 1. The molecule has 0 aliphatic carbocycles. The van der Waals surface area contributed by atoms with E-state index in [1.54, 1.807) is 37.6 Å². The summed E-state index contributed by atoms with van der Waals surface area (Å²) in [6.45, 7) is 8.61. The minimum atomic E-state index is 0.444. The summed E-state index contributed by atoms with van der Waals surface area (Å²) in [5.74, 6) is 2.58. The molecule has 13 heteroatoms. The Balaban J connectivity index is 1.17. The van der Waals surface area contributed by atoms with Crippen LogP contribution in [0.4, 0.5) is 34.6 Å². The molecule has 0 amide bonds. The first-order valence-electron chi connectivity index (χ1n) is 15.1. The summed E-state index contributed by atoms with van der Waals surface area (Å²) in [7, 11) is 5.87. The van der Waals surface area contributed by atoms with Crippen LogP contribution in [0.15, 0.2) is 42.9 Å². The number of hydrogen-bond acceptors (Lipinski definition) is 13. The van der Waals surface area contributed by atoms with Crippen molar-refractivity contribution in [2.75, 3.05) is 86.6 Å². The van der Waals surface area contributed by atoms with Gasteiger partial charge in [0.15, 0.2) is 0 Å². The van der Waals surface area contributed by atoms with E-state index in [9.17, 15) is 0 Å². The number of anilines is 6. The van der Waals surface area contributed by atoms with E-state index in [0.29, 0.717) is 29.4 Å². The first-order valence-corrected chi connectivity index (χ1v) is 16.2. The zero-order valence-corrected chi connectivity index (χ0v) is 26.9. The standard InChI is InChI=1S/C31H41N11OS/c1-21-20-34-31(38-29(21)35-24-7-6-23-27(33-13-12-32-23)28(24)40(3)44-5)36-25-8-9-26(37-30(25)43-4)42-14-10-22(11-15-42)41-18-16-39(2)17-19-41/h6-9,12-13,20,22H,10-11,14-19H2,1-5H3,(H2,34,35,36,38). The lowest BCUT2D eigenvalue weighted by molar-refractivity contribution is 0.0981. The zero-order chi connectivity index (χ0) is 30.6. The molecule has 5 heterocycles. The van der Waals surface area contributed by atoms with Crippen molar-refractivity contribution in [2.45, 2.75) is 25.8 Å². The van der Waals surface area contributed by atoms with E-state index < -0.39 is 0 Å². The molecule has 44 heavy (non-hydrogen) atoms. The van der Waals surface area contributed by atoms with Crippen LogP contribution in [0.5, 0.6) is 5.88 Å². The van der Waals surface area contributed by atoms with Crippen molar-refractivity contribution in [3.8, 4) is 5.88 Å². The van der Waals surface area contributed by atoms with Crippen LogP contribution in [-0.4, -0.2) is 107 Å². The van der Waals surface area contributed by atoms with Crippen LogP contribution in [0.2, 0.25) is 0 Å². The van der Waals surface area contributed by atoms with Crippen LogP contribution in [0.3, 0.4) is 0 Å². The number of nitrogens with zero attached hydrogens (tertiary/aromatic N) is 9. The molecule has 2 aliphatic rings. The molecular weight excluding hydrogens is 574 g/mol. The van der Waals surface area contributed by atoms with Crippen LogP contribution < -0.4 is 24.6 Å². The molecule has 0 spiro atoms. The average Bonchev–Trinajstić information content (AvgIpc) is 3.06. The Morgan fingerprint density at radius 3 is 2.41 bits per heavy atom. The van der Waals surface area contributed by atoms with Gasteiger partial charge >= 0.3 is 0 Å². The molecule has 232 valence electrons. The molecule has 2 fully saturated rings. The number of piperidine rings is 1. The Kier molecular flexibility index (Phi) is 9.14. The molecule has 4 aromatic rings. The van der Waals surface area contributed by atoms with Gasteiger partial charge in [-0.2, -0.15) is 9.97 Å². The minimum Gasteiger partial charge on any atom is -0.479 e. The van der Waals surface area contributed by atoms with Crippen molar-refractivity contribution in [3.05, 3.63) is 48.4 Å². The number of rotatable bonds is 9. The first-order chi connectivity index (χ1) is 21.4. The molecule has 3 aromatic heterocycles. The van der Waals surface area contributed by atoms with Gasteiger partial charge in [-0.05, 0) is 51.1 Å². The number of piperazine rings is 1. The number of aryl methyl sites for hydroxylation is 1. The van der Waals surface area contributed by atoms with Gasteiger partial charge in [0.1, 0.15) is 22.8 Å². The third kappa shape index (κ3) is 6.44. The van der Waals surface area contributed by atoms with Crippen molar-refractivity contribution >= 4 is 57.6 Å². The van der Waals surface area contributed by atoms with E-state index in [0.717, 1.165) is 72.8 Å². The Labute approximate surface area is 263 Å². The maximum atomic E-state index is 5.72. The van der Waals surface area contributed by atoms with Gasteiger partial charge in [0.05, 0.1) is 24.0 Å². The lowest BCUT2D eigenvalue weighted by Crippen LogP contribution is -2.52. The predicted molar refractivity (Wildman–Crippen MR) is 180 cm³/mol. The van der Waals surface area contributed by atoms with Gasteiger partial charge in [-0.3, -0.25) is 14.9 Å². The summed E-state index contributed by atoms with van der Waals surface area (Å²) in [6, 6.07) is 8.68. The zero-order valence-electron chi connectivity index (χ0n) is 26.1. The van der Waals surface area contributed by atoms with Crippen LogP contribution in [-0.2, 0) is 0 Å². The smallest absolute Gasteiger partial charge is 0.239 e. The largest absolute Gasteiger partial charge is 0.479 e. The number of ether oxygens (including phenoxy) is 1. The van der Waals surface area contributed by atoms with Gasteiger partial charge in [-0.25, -0.2) is 4.98 Å². The molecule has 12 nitrogen and oxygen atoms in total. The van der Waals surface area contributed by atoms with Gasteiger partial charge in [0, 0.05) is 82.8 Å². The SMILES string of the molecule is COc1nc(N2CCC(N3CCN(C)CC3)CC2)ccc1Nc1ncc(C)c(Nc2ccc3nccnc3c2N(C)SC)n1. The summed E-state index contributed by atoms with van der Waals surface area (Å²) < 4.78 is 7.79. The predicted octanol–water partition coefficient (Wildman–Crippen LogP) is 4.55. The minimum absolute atomic E-state index is 0.444. The van der Waals surface area contributed by atoms with Crippen molar-refractivity contribution in [1.29, 1.82) is 0 Å². The summed E-state index contributed by atoms with van der Waals surface area (Å²) in [6.07, 6.45) is 9.55. The second-order valence-corrected chi connectivity index (χ2v) is 12.2. The molecule has 0 saturated carbocycles. The number of aromatic nitrogens is 5. The number of hydrogen-bond donors (Lipinski definition) is 2. The quantitative estimate of drug-likeness (QED) is 0.257. The van der Waals surface area contributed by atoms with E-state index in [2.05, 4.69) is 57.7 Å². The molecule has 0 radical (unpaired) electrons. The Hall–Kier alpha value is -3.94. The van der Waals surface area contributed by atoms with Gasteiger partial charge in [0.25, 0.3) is 0 Å². The van der Waals surface area contributed by atoms with E-state index >= 15 is 0 Å². The Bertz CT molecular complexity index is 1590. The fourth-order valence-corrected chi connectivity index (χ4v) is 6.28. The van der Waals surface area contributed by atoms with E-state index in [1.165, 1.54) is 13.1 Å². The second-order valence-electron chi connectivity index (χ2n) is 11.3. The van der Waals surface area contributed by atoms with Gasteiger partial charge < -0.3 is 29.5 Å². The lowest BCUT2D eigenvalue weighted by atomic mass is 10.0. The fraction of sp³-hybridized carbons (Fsp3) is 0.452. The molecule has 0 atom stereocenters. The molecular formula is C31H41N11OS. The monoisotopic (exact) mass is 615 g/mol. The maximum Gasteiger partial charge on any atom is 0.239 e. The topological polar surface area (TPSA) is 111 Å². The maximum absolute atomic E-state index is 5.72. The van der Waals surface area contributed by atoms with Crippen molar-refractivity contribution in [2.24, 2.45) is 0 Å². The molecule has 6 rings (SSSR count). The summed E-state index contributed by atoms with van der Waals surface area (Å²) in [5.41, 5.74) is 5.08. The highest BCUT2D eigenvalue weighted by atomic mass is 32.2. The molecule has 2 aliphatic heterocycles. The molecule has 2 N–H and O–H groups in total. The van der Waals surface area contributed by atoms with Crippen LogP contribution in [0.1, 0.15) is 18.4 Å². The van der Waals surface area contributed by atoms with Crippen molar-refractivity contribution in [1.82, 2.24) is 34.7 Å². The third-order valence-corrected chi connectivity index (χ3v) is 9.29. The lowest BCUT2D eigenvalue weighted by Gasteiger charge is -2.42.